The van der Waals surface area contributed by atoms with E-state index >= 15 is 0 Å². The Morgan fingerprint density at radius 3 is 2.65 bits per heavy atom. The third kappa shape index (κ3) is 3.93. The van der Waals surface area contributed by atoms with Crippen molar-refractivity contribution in [2.24, 2.45) is 5.92 Å². The van der Waals surface area contributed by atoms with Gasteiger partial charge in [0.2, 0.25) is 10.0 Å². The lowest BCUT2D eigenvalue weighted by molar-refractivity contribution is 0.480. The Bertz CT molecular complexity index is 554. The van der Waals surface area contributed by atoms with Crippen LogP contribution in [-0.4, -0.2) is 15.0 Å². The highest BCUT2D eigenvalue weighted by Gasteiger charge is 2.17. The smallest absolute Gasteiger partial charge is 0.240 e. The van der Waals surface area contributed by atoms with Crippen molar-refractivity contribution >= 4 is 15.7 Å². The minimum atomic E-state index is -3.64. The summed E-state index contributed by atoms with van der Waals surface area (Å²) in [4.78, 5) is -0.0786. The topological polar surface area (TPSA) is 72.2 Å². The molecular weight excluding hydrogens is 279 g/mol. The highest BCUT2D eigenvalue weighted by molar-refractivity contribution is 7.89. The van der Waals surface area contributed by atoms with Crippen molar-refractivity contribution in [1.82, 2.24) is 4.72 Å². The molecule has 0 aliphatic heterocycles. The Morgan fingerprint density at radius 1 is 1.30 bits per heavy atom. The van der Waals surface area contributed by atoms with Crippen molar-refractivity contribution in [1.29, 1.82) is 0 Å². The van der Waals surface area contributed by atoms with Gasteiger partial charge in [-0.25, -0.2) is 17.5 Å². The molecule has 1 aliphatic rings. The van der Waals surface area contributed by atoms with E-state index in [1.807, 2.05) is 0 Å². The van der Waals surface area contributed by atoms with E-state index < -0.39 is 15.8 Å². The minimum absolute atomic E-state index is 0.0508. The lowest BCUT2D eigenvalue weighted by Gasteiger charge is -2.10. The van der Waals surface area contributed by atoms with E-state index in [0.717, 1.165) is 24.8 Å². The van der Waals surface area contributed by atoms with E-state index in [4.69, 9.17) is 5.73 Å². The zero-order chi connectivity index (χ0) is 14.6. The maximum Gasteiger partial charge on any atom is 0.240 e. The quantitative estimate of drug-likeness (QED) is 0.626. The number of nitrogens with one attached hydrogen (secondary N) is 1. The Morgan fingerprint density at radius 2 is 2.00 bits per heavy atom. The monoisotopic (exact) mass is 300 g/mol. The minimum Gasteiger partial charge on any atom is -0.396 e. The molecule has 6 heteroatoms. The summed E-state index contributed by atoms with van der Waals surface area (Å²) in [5.74, 6) is 0.0345. The van der Waals surface area contributed by atoms with Gasteiger partial charge in [-0.3, -0.25) is 0 Å². The van der Waals surface area contributed by atoms with Crippen LogP contribution in [0.3, 0.4) is 0 Å². The van der Waals surface area contributed by atoms with E-state index in [1.165, 1.54) is 37.8 Å². The molecule has 0 heterocycles. The summed E-state index contributed by atoms with van der Waals surface area (Å²) < 4.78 is 39.7. The van der Waals surface area contributed by atoms with Gasteiger partial charge in [0.25, 0.3) is 0 Å². The second-order valence-electron chi connectivity index (χ2n) is 5.37. The van der Waals surface area contributed by atoms with Crippen LogP contribution in [0.15, 0.2) is 23.1 Å². The molecule has 1 aromatic carbocycles. The lowest BCUT2D eigenvalue weighted by Crippen LogP contribution is -2.25. The number of nitrogen functional groups attached to an aromatic ring is 1. The molecule has 0 bridgehead atoms. The Balaban J connectivity index is 1.85. The number of sulfonamides is 1. The highest BCUT2D eigenvalue weighted by atomic mass is 32.2. The third-order valence-electron chi connectivity index (χ3n) is 3.84. The number of halogens is 1. The van der Waals surface area contributed by atoms with Crippen molar-refractivity contribution in [2.45, 2.75) is 43.4 Å². The number of nitrogens with two attached hydrogens (primary N) is 1. The summed E-state index contributed by atoms with van der Waals surface area (Å²) in [6, 6.07) is 3.54. The van der Waals surface area contributed by atoms with Crippen LogP contribution in [0.1, 0.15) is 38.5 Å². The molecule has 0 saturated heterocycles. The number of hydrogen-bond acceptors (Lipinski definition) is 3. The predicted molar refractivity (Wildman–Crippen MR) is 77.2 cm³/mol. The Kier molecular flexibility index (Phi) is 4.99. The predicted octanol–water partition coefficient (Wildman–Crippen LogP) is 2.66. The van der Waals surface area contributed by atoms with Gasteiger partial charge in [-0.05, 0) is 37.0 Å². The summed E-state index contributed by atoms with van der Waals surface area (Å²) in [6.07, 6.45) is 6.98. The molecule has 1 aliphatic carbocycles. The Hall–Kier alpha value is -1.14. The summed E-state index contributed by atoms with van der Waals surface area (Å²) in [7, 11) is -3.64. The van der Waals surface area contributed by atoms with Gasteiger partial charge in [0.05, 0.1) is 10.6 Å². The van der Waals surface area contributed by atoms with Crippen LogP contribution in [0.2, 0.25) is 0 Å². The largest absolute Gasteiger partial charge is 0.396 e. The fourth-order valence-corrected chi connectivity index (χ4v) is 3.74. The maximum absolute atomic E-state index is 13.3. The SMILES string of the molecule is Nc1ccc(S(=O)(=O)NCCCC2CCCC2)cc1F. The molecule has 3 N–H and O–H groups in total. The third-order valence-corrected chi connectivity index (χ3v) is 5.30. The summed E-state index contributed by atoms with van der Waals surface area (Å²) >= 11 is 0. The first-order valence-corrected chi connectivity index (χ1v) is 8.52. The number of rotatable bonds is 6. The van der Waals surface area contributed by atoms with Crippen LogP contribution >= 0.6 is 0 Å². The van der Waals surface area contributed by atoms with Gasteiger partial charge >= 0.3 is 0 Å². The zero-order valence-corrected chi connectivity index (χ0v) is 12.3. The summed E-state index contributed by atoms with van der Waals surface area (Å²) in [5, 5.41) is 0. The second-order valence-corrected chi connectivity index (χ2v) is 7.14. The molecular formula is C14H21FN2O2S. The number of hydrogen-bond donors (Lipinski definition) is 2. The molecule has 2 rings (SSSR count). The molecule has 0 aromatic heterocycles. The lowest BCUT2D eigenvalue weighted by atomic mass is 10.0. The van der Waals surface area contributed by atoms with Crippen molar-refractivity contribution in [3.8, 4) is 0 Å². The molecule has 112 valence electrons. The fraction of sp³-hybridized carbons (Fsp3) is 0.571. The molecule has 20 heavy (non-hydrogen) atoms. The normalized spacial score (nSPS) is 16.6. The zero-order valence-electron chi connectivity index (χ0n) is 11.4. The van der Waals surface area contributed by atoms with Gasteiger partial charge in [0.1, 0.15) is 5.82 Å². The standard InChI is InChI=1S/C14H21FN2O2S/c15-13-10-12(7-8-14(13)16)20(18,19)17-9-3-6-11-4-1-2-5-11/h7-8,10-11,17H,1-6,9,16H2. The van der Waals surface area contributed by atoms with Crippen molar-refractivity contribution < 1.29 is 12.8 Å². The van der Waals surface area contributed by atoms with Gasteiger partial charge in [-0.15, -0.1) is 0 Å². The first kappa shape index (κ1) is 15.3. The Labute approximate surface area is 119 Å². The van der Waals surface area contributed by atoms with E-state index in [1.54, 1.807) is 0 Å². The molecule has 1 saturated carbocycles. The second kappa shape index (κ2) is 6.54. The average molecular weight is 300 g/mol. The van der Waals surface area contributed by atoms with E-state index in [2.05, 4.69) is 4.72 Å². The molecule has 4 nitrogen and oxygen atoms in total. The van der Waals surface area contributed by atoms with E-state index in [-0.39, 0.29) is 10.6 Å². The maximum atomic E-state index is 13.3. The first-order chi connectivity index (χ1) is 9.49. The molecule has 0 amide bonds. The van der Waals surface area contributed by atoms with Crippen molar-refractivity contribution in [3.05, 3.63) is 24.0 Å². The van der Waals surface area contributed by atoms with Gasteiger partial charge in [0.15, 0.2) is 0 Å². The van der Waals surface area contributed by atoms with Crippen LogP contribution in [0, 0.1) is 11.7 Å². The van der Waals surface area contributed by atoms with Gasteiger partial charge < -0.3 is 5.73 Å². The summed E-state index contributed by atoms with van der Waals surface area (Å²) in [5.41, 5.74) is 5.28. The van der Waals surface area contributed by atoms with Gasteiger partial charge in [-0.2, -0.15) is 0 Å². The van der Waals surface area contributed by atoms with Crippen LogP contribution in [0.25, 0.3) is 0 Å². The van der Waals surface area contributed by atoms with Crippen LogP contribution in [0.4, 0.5) is 10.1 Å². The van der Waals surface area contributed by atoms with Crippen molar-refractivity contribution in [3.63, 3.8) is 0 Å². The first-order valence-electron chi connectivity index (χ1n) is 7.04. The fourth-order valence-electron chi connectivity index (χ4n) is 2.65. The van der Waals surface area contributed by atoms with Gasteiger partial charge in [0, 0.05) is 6.54 Å². The molecule has 1 aromatic rings. The number of anilines is 1. The molecule has 0 radical (unpaired) electrons. The van der Waals surface area contributed by atoms with E-state index in [9.17, 15) is 12.8 Å². The number of benzene rings is 1. The van der Waals surface area contributed by atoms with Crippen LogP contribution < -0.4 is 10.5 Å². The molecule has 1 fully saturated rings. The molecule has 0 spiro atoms. The average Bonchev–Trinajstić information content (AvgIpc) is 2.91. The van der Waals surface area contributed by atoms with Crippen LogP contribution in [0.5, 0.6) is 0 Å². The summed E-state index contributed by atoms with van der Waals surface area (Å²) in [6.45, 7) is 0.394. The van der Waals surface area contributed by atoms with Gasteiger partial charge in [-0.1, -0.05) is 25.7 Å². The highest BCUT2D eigenvalue weighted by Crippen LogP contribution is 2.28. The molecule has 0 atom stereocenters. The van der Waals surface area contributed by atoms with Crippen molar-refractivity contribution in [2.75, 3.05) is 12.3 Å². The van der Waals surface area contributed by atoms with Crippen LogP contribution in [-0.2, 0) is 10.0 Å². The van der Waals surface area contributed by atoms with E-state index in [0.29, 0.717) is 6.54 Å². The molecule has 0 unspecified atom stereocenters.